The number of rotatable bonds is 4. The van der Waals surface area contributed by atoms with Crippen molar-refractivity contribution in [1.29, 1.82) is 0 Å². The van der Waals surface area contributed by atoms with E-state index in [0.717, 1.165) is 12.8 Å². The lowest BCUT2D eigenvalue weighted by Gasteiger charge is -2.24. The van der Waals surface area contributed by atoms with Gasteiger partial charge in [-0.05, 0) is 52.7 Å². The van der Waals surface area contributed by atoms with Crippen LogP contribution in [0.1, 0.15) is 31.4 Å². The van der Waals surface area contributed by atoms with Crippen LogP contribution >= 0.6 is 15.9 Å². The van der Waals surface area contributed by atoms with E-state index in [1.807, 2.05) is 6.92 Å². The van der Waals surface area contributed by atoms with Gasteiger partial charge in [0.25, 0.3) is 0 Å². The summed E-state index contributed by atoms with van der Waals surface area (Å²) in [7, 11) is 0. The van der Waals surface area contributed by atoms with E-state index in [4.69, 9.17) is 5.84 Å². The van der Waals surface area contributed by atoms with Gasteiger partial charge in [-0.3, -0.25) is 11.3 Å². The molecule has 1 aliphatic rings. The Morgan fingerprint density at radius 2 is 2.06 bits per heavy atom. The minimum Gasteiger partial charge on any atom is -0.271 e. The van der Waals surface area contributed by atoms with E-state index in [0.29, 0.717) is 5.92 Å². The van der Waals surface area contributed by atoms with E-state index in [1.54, 1.807) is 0 Å². The lowest BCUT2D eigenvalue weighted by Crippen LogP contribution is -2.34. The lowest BCUT2D eigenvalue weighted by molar-refractivity contribution is 0.333. The van der Waals surface area contributed by atoms with Gasteiger partial charge in [0.05, 0.1) is 10.5 Å². The second-order valence-corrected chi connectivity index (χ2v) is 5.45. The third-order valence-corrected chi connectivity index (χ3v) is 4.07. The molecule has 2 nitrogen and oxygen atoms in total. The highest BCUT2D eigenvalue weighted by atomic mass is 79.9. The van der Waals surface area contributed by atoms with Gasteiger partial charge in [0.1, 0.15) is 11.6 Å². The average molecular weight is 305 g/mol. The van der Waals surface area contributed by atoms with Gasteiger partial charge in [0.2, 0.25) is 0 Å². The van der Waals surface area contributed by atoms with E-state index in [-0.39, 0.29) is 16.0 Å². The van der Waals surface area contributed by atoms with Crippen molar-refractivity contribution in [3.63, 3.8) is 0 Å². The zero-order chi connectivity index (χ0) is 12.6. The minimum atomic E-state index is -0.569. The van der Waals surface area contributed by atoms with Crippen LogP contribution in [0.3, 0.4) is 0 Å². The van der Waals surface area contributed by atoms with Gasteiger partial charge in [0.15, 0.2) is 0 Å². The third kappa shape index (κ3) is 2.51. The van der Waals surface area contributed by atoms with Crippen molar-refractivity contribution in [3.8, 4) is 0 Å². The standard InChI is InChI=1S/C12H15BrF2N2/c1-6(7-2-3-7)12(17-16)10-9(14)5-4-8(13)11(10)15/h4-7,12,17H,2-3,16H2,1H3. The van der Waals surface area contributed by atoms with Crippen molar-refractivity contribution in [2.24, 2.45) is 17.7 Å². The molecule has 1 aromatic rings. The van der Waals surface area contributed by atoms with Crippen molar-refractivity contribution >= 4 is 15.9 Å². The number of halogens is 3. The molecule has 2 unspecified atom stereocenters. The summed E-state index contributed by atoms with van der Waals surface area (Å²) in [4.78, 5) is 0. The van der Waals surface area contributed by atoms with Gasteiger partial charge in [-0.2, -0.15) is 0 Å². The van der Waals surface area contributed by atoms with Crippen molar-refractivity contribution in [1.82, 2.24) is 5.43 Å². The fraction of sp³-hybridized carbons (Fsp3) is 0.500. The number of nitrogens with two attached hydrogens (primary N) is 1. The van der Waals surface area contributed by atoms with Crippen LogP contribution in [0.25, 0.3) is 0 Å². The first-order valence-electron chi connectivity index (χ1n) is 5.65. The molecule has 94 valence electrons. The average Bonchev–Trinajstić information content (AvgIpc) is 3.13. The molecule has 1 fully saturated rings. The Kier molecular flexibility index (Phi) is 3.80. The molecule has 17 heavy (non-hydrogen) atoms. The van der Waals surface area contributed by atoms with Crippen molar-refractivity contribution in [2.75, 3.05) is 0 Å². The number of hydrazine groups is 1. The van der Waals surface area contributed by atoms with Gasteiger partial charge >= 0.3 is 0 Å². The zero-order valence-corrected chi connectivity index (χ0v) is 11.1. The summed E-state index contributed by atoms with van der Waals surface area (Å²) in [5.41, 5.74) is 2.58. The first-order chi connectivity index (χ1) is 8.06. The Hall–Kier alpha value is -0.520. The van der Waals surface area contributed by atoms with Crippen LogP contribution in [0.4, 0.5) is 8.78 Å². The van der Waals surface area contributed by atoms with Crippen LogP contribution < -0.4 is 11.3 Å². The summed E-state index contributed by atoms with van der Waals surface area (Å²) < 4.78 is 28.0. The molecule has 2 atom stereocenters. The van der Waals surface area contributed by atoms with E-state index in [1.165, 1.54) is 12.1 Å². The van der Waals surface area contributed by atoms with Crippen molar-refractivity contribution < 1.29 is 8.78 Å². The largest absolute Gasteiger partial charge is 0.271 e. The summed E-state index contributed by atoms with van der Waals surface area (Å²) in [5.74, 6) is 4.97. The molecule has 1 aromatic carbocycles. The Morgan fingerprint density at radius 3 is 2.59 bits per heavy atom. The van der Waals surface area contributed by atoms with E-state index >= 15 is 0 Å². The topological polar surface area (TPSA) is 38.0 Å². The fourth-order valence-corrected chi connectivity index (χ4v) is 2.57. The highest BCUT2D eigenvalue weighted by Gasteiger charge is 2.36. The molecular weight excluding hydrogens is 290 g/mol. The second-order valence-electron chi connectivity index (χ2n) is 4.60. The summed E-state index contributed by atoms with van der Waals surface area (Å²) >= 11 is 3.07. The molecule has 0 spiro atoms. The third-order valence-electron chi connectivity index (χ3n) is 3.46. The first-order valence-corrected chi connectivity index (χ1v) is 6.45. The Labute approximate surface area is 108 Å². The molecule has 1 aliphatic carbocycles. The molecule has 3 N–H and O–H groups in total. The quantitative estimate of drug-likeness (QED) is 0.509. The molecule has 0 aromatic heterocycles. The molecule has 0 aliphatic heterocycles. The minimum absolute atomic E-state index is 0.0290. The van der Waals surface area contributed by atoms with Gasteiger partial charge in [-0.1, -0.05) is 6.92 Å². The van der Waals surface area contributed by atoms with Crippen molar-refractivity contribution in [2.45, 2.75) is 25.8 Å². The SMILES string of the molecule is CC(C1CC1)C(NN)c1c(F)ccc(Br)c1F. The number of hydrogen-bond acceptors (Lipinski definition) is 2. The molecule has 0 heterocycles. The summed E-state index contributed by atoms with van der Waals surface area (Å²) in [6, 6.07) is 2.13. The Morgan fingerprint density at radius 1 is 1.41 bits per heavy atom. The Balaban J connectivity index is 2.38. The van der Waals surface area contributed by atoms with Crippen LogP contribution in [-0.4, -0.2) is 0 Å². The van der Waals surface area contributed by atoms with E-state index < -0.39 is 17.7 Å². The number of hydrogen-bond donors (Lipinski definition) is 2. The molecule has 0 amide bonds. The first kappa shape index (κ1) is 12.9. The van der Waals surface area contributed by atoms with Crippen LogP contribution in [0.5, 0.6) is 0 Å². The van der Waals surface area contributed by atoms with Gasteiger partial charge in [-0.15, -0.1) is 0 Å². The monoisotopic (exact) mass is 304 g/mol. The summed E-state index contributed by atoms with van der Waals surface area (Å²) in [6.07, 6.45) is 2.22. The maximum Gasteiger partial charge on any atom is 0.145 e. The van der Waals surface area contributed by atoms with Crippen LogP contribution in [0.2, 0.25) is 0 Å². The summed E-state index contributed by atoms with van der Waals surface area (Å²) in [5, 5.41) is 0. The highest BCUT2D eigenvalue weighted by molar-refractivity contribution is 9.10. The molecule has 2 rings (SSSR count). The van der Waals surface area contributed by atoms with Gasteiger partial charge < -0.3 is 0 Å². The maximum atomic E-state index is 14.0. The van der Waals surface area contributed by atoms with Crippen LogP contribution in [0.15, 0.2) is 16.6 Å². The molecule has 1 saturated carbocycles. The zero-order valence-electron chi connectivity index (χ0n) is 9.51. The van der Waals surface area contributed by atoms with Crippen LogP contribution in [-0.2, 0) is 0 Å². The Bertz CT molecular complexity index is 421. The number of benzene rings is 1. The fourth-order valence-electron chi connectivity index (χ4n) is 2.22. The van der Waals surface area contributed by atoms with E-state index in [2.05, 4.69) is 21.4 Å². The molecule has 0 saturated heterocycles. The molecule has 0 radical (unpaired) electrons. The maximum absolute atomic E-state index is 14.0. The molecule has 5 heteroatoms. The predicted molar refractivity (Wildman–Crippen MR) is 66.0 cm³/mol. The van der Waals surface area contributed by atoms with Gasteiger partial charge in [0, 0.05) is 5.56 Å². The number of nitrogens with one attached hydrogen (secondary N) is 1. The second kappa shape index (κ2) is 5.00. The highest BCUT2D eigenvalue weighted by Crippen LogP contribution is 2.43. The molecule has 0 bridgehead atoms. The van der Waals surface area contributed by atoms with Crippen LogP contribution in [0, 0.1) is 23.5 Å². The lowest BCUT2D eigenvalue weighted by atomic mass is 9.90. The predicted octanol–water partition coefficient (Wildman–Crippen LogP) is 3.28. The van der Waals surface area contributed by atoms with Crippen molar-refractivity contribution in [3.05, 3.63) is 33.8 Å². The van der Waals surface area contributed by atoms with E-state index in [9.17, 15) is 8.78 Å². The molecular formula is C12H15BrF2N2. The summed E-state index contributed by atoms with van der Waals surface area (Å²) in [6.45, 7) is 1.97. The van der Waals surface area contributed by atoms with Gasteiger partial charge in [-0.25, -0.2) is 8.78 Å². The normalized spacial score (nSPS) is 19.1. The smallest absolute Gasteiger partial charge is 0.145 e.